The Bertz CT molecular complexity index is 403. The number of nitrogens with one attached hydrogen (secondary N) is 1. The van der Waals surface area contributed by atoms with E-state index in [1.54, 1.807) is 0 Å². The van der Waals surface area contributed by atoms with Gasteiger partial charge in [0.25, 0.3) is 12.0 Å². The summed E-state index contributed by atoms with van der Waals surface area (Å²) in [5.74, 6) is 0. The largest absolute Gasteiger partial charge is 0.320 e. The maximum absolute atomic E-state index is 12.2. The molecule has 0 spiro atoms. The Morgan fingerprint density at radius 3 is 2.64 bits per heavy atom. The van der Waals surface area contributed by atoms with Crippen molar-refractivity contribution in [3.8, 4) is 0 Å². The highest BCUT2D eigenvalue weighted by Crippen LogP contribution is 2.18. The molecule has 0 saturated carbocycles. The smallest absolute Gasteiger partial charge is 0.278 e. The normalized spacial score (nSPS) is 10.6. The molecule has 0 aliphatic rings. The number of carbonyl (C=O) groups is 1. The van der Waals surface area contributed by atoms with Crippen molar-refractivity contribution in [2.75, 3.05) is 0 Å². The highest BCUT2D eigenvalue weighted by molar-refractivity contribution is 9.08. The molecule has 0 aromatic carbocycles. The van der Waals surface area contributed by atoms with Gasteiger partial charge >= 0.3 is 0 Å². The third-order valence-corrected chi connectivity index (χ3v) is 2.28. The van der Waals surface area contributed by atoms with E-state index in [1.807, 2.05) is 4.98 Å². The summed E-state index contributed by atoms with van der Waals surface area (Å²) in [6.07, 6.45) is -2.40. The molecule has 6 heteroatoms. The quantitative estimate of drug-likeness (QED) is 0.672. The zero-order chi connectivity index (χ0) is 10.7. The number of H-pyrrole nitrogens is 1. The number of hydrogen-bond acceptors (Lipinski definition) is 2. The monoisotopic (exact) mass is 265 g/mol. The van der Waals surface area contributed by atoms with Crippen LogP contribution in [0, 0.1) is 0 Å². The average molecular weight is 266 g/mol. The van der Waals surface area contributed by atoms with E-state index in [0.717, 1.165) is 6.07 Å². The van der Waals surface area contributed by atoms with E-state index in [-0.39, 0.29) is 16.5 Å². The topological polar surface area (TPSA) is 49.9 Å². The Hall–Kier alpha value is -1.04. The van der Waals surface area contributed by atoms with Crippen molar-refractivity contribution < 1.29 is 13.6 Å². The highest BCUT2D eigenvalue weighted by Gasteiger charge is 2.13. The molecule has 0 unspecified atom stereocenters. The Morgan fingerprint density at radius 1 is 1.57 bits per heavy atom. The van der Waals surface area contributed by atoms with Gasteiger partial charge in [-0.1, -0.05) is 15.9 Å². The molecule has 0 fully saturated rings. The summed E-state index contributed by atoms with van der Waals surface area (Å²) in [7, 11) is 0. The van der Waals surface area contributed by atoms with E-state index in [1.165, 1.54) is 0 Å². The minimum absolute atomic E-state index is 0.119. The van der Waals surface area contributed by atoms with Crippen LogP contribution in [0.15, 0.2) is 10.9 Å². The minimum atomic E-state index is -2.75. The fourth-order valence-corrected chi connectivity index (χ4v) is 1.47. The first kappa shape index (κ1) is 11.0. The molecule has 0 radical (unpaired) electrons. The highest BCUT2D eigenvalue weighted by atomic mass is 79.9. The van der Waals surface area contributed by atoms with Gasteiger partial charge in [-0.2, -0.15) is 0 Å². The molecule has 3 nitrogen and oxygen atoms in total. The van der Waals surface area contributed by atoms with Crippen LogP contribution in [0.3, 0.4) is 0 Å². The van der Waals surface area contributed by atoms with E-state index in [9.17, 15) is 18.4 Å². The predicted molar refractivity (Wildman–Crippen MR) is 50.0 cm³/mol. The van der Waals surface area contributed by atoms with Crippen molar-refractivity contribution >= 4 is 22.2 Å². The number of aldehydes is 1. The molecule has 1 rings (SSSR count). The molecule has 76 valence electrons. The van der Waals surface area contributed by atoms with E-state index >= 15 is 0 Å². The van der Waals surface area contributed by atoms with E-state index in [4.69, 9.17) is 0 Å². The standard InChI is InChI=1S/C8H6BrF2NO2/c9-2-4-1-6(7(10)11)12-8(14)5(4)3-13/h1,3,7H,2H2,(H,12,14). The third kappa shape index (κ3) is 2.06. The lowest BCUT2D eigenvalue weighted by Crippen LogP contribution is -2.17. The van der Waals surface area contributed by atoms with Crippen LogP contribution in [0.25, 0.3) is 0 Å². The maximum atomic E-state index is 12.2. The number of alkyl halides is 3. The first-order valence-corrected chi connectivity index (χ1v) is 4.77. The molecule has 0 saturated heterocycles. The van der Waals surface area contributed by atoms with Crippen LogP contribution in [0.2, 0.25) is 0 Å². The van der Waals surface area contributed by atoms with Crippen molar-refractivity contribution in [3.05, 3.63) is 33.2 Å². The summed E-state index contributed by atoms with van der Waals surface area (Å²) < 4.78 is 24.5. The minimum Gasteiger partial charge on any atom is -0.320 e. The van der Waals surface area contributed by atoms with Crippen LogP contribution in [0.4, 0.5) is 8.78 Å². The molecule has 1 aromatic rings. The Balaban J connectivity index is 3.39. The number of halogens is 3. The molecule has 1 N–H and O–H groups in total. The zero-order valence-corrected chi connectivity index (χ0v) is 8.48. The third-order valence-electron chi connectivity index (χ3n) is 1.68. The van der Waals surface area contributed by atoms with Gasteiger partial charge in [-0.05, 0) is 11.6 Å². The number of pyridine rings is 1. The first-order valence-electron chi connectivity index (χ1n) is 3.65. The van der Waals surface area contributed by atoms with Gasteiger partial charge in [-0.25, -0.2) is 8.78 Å². The molecule has 1 aromatic heterocycles. The van der Waals surface area contributed by atoms with Crippen molar-refractivity contribution in [2.45, 2.75) is 11.8 Å². The molecular formula is C8H6BrF2NO2. The van der Waals surface area contributed by atoms with Gasteiger partial charge < -0.3 is 4.98 Å². The van der Waals surface area contributed by atoms with Crippen LogP contribution in [-0.4, -0.2) is 11.3 Å². The fraction of sp³-hybridized carbons (Fsp3) is 0.250. The Kier molecular flexibility index (Phi) is 3.51. The molecule has 14 heavy (non-hydrogen) atoms. The predicted octanol–water partition coefficient (Wildman–Crippen LogP) is 2.02. The molecule has 0 atom stereocenters. The van der Waals surface area contributed by atoms with Crippen molar-refractivity contribution in [1.82, 2.24) is 4.98 Å². The summed E-state index contributed by atoms with van der Waals surface area (Å²) in [6, 6.07) is 1.10. The summed E-state index contributed by atoms with van der Waals surface area (Å²) >= 11 is 3.01. The van der Waals surface area contributed by atoms with Gasteiger partial charge in [-0.15, -0.1) is 0 Å². The molecule has 0 aliphatic carbocycles. The first-order chi connectivity index (χ1) is 6.60. The van der Waals surface area contributed by atoms with Gasteiger partial charge in [0.05, 0.1) is 11.3 Å². The fourth-order valence-electron chi connectivity index (χ4n) is 1.00. The molecule has 0 amide bonds. The van der Waals surface area contributed by atoms with Gasteiger partial charge in [-0.3, -0.25) is 9.59 Å². The van der Waals surface area contributed by atoms with Gasteiger partial charge in [0.15, 0.2) is 6.29 Å². The second-order valence-electron chi connectivity index (χ2n) is 2.54. The van der Waals surface area contributed by atoms with Gasteiger partial charge in [0.2, 0.25) is 0 Å². The van der Waals surface area contributed by atoms with E-state index in [0.29, 0.717) is 6.29 Å². The summed E-state index contributed by atoms with van der Waals surface area (Å²) in [5, 5.41) is 0.185. The van der Waals surface area contributed by atoms with Crippen LogP contribution in [0.5, 0.6) is 0 Å². The van der Waals surface area contributed by atoms with Crippen molar-refractivity contribution in [2.24, 2.45) is 0 Å². The molecule has 1 heterocycles. The van der Waals surface area contributed by atoms with Crippen molar-refractivity contribution in [3.63, 3.8) is 0 Å². The van der Waals surface area contributed by atoms with Gasteiger partial charge in [0, 0.05) is 5.33 Å². The van der Waals surface area contributed by atoms with E-state index in [2.05, 4.69) is 15.9 Å². The summed E-state index contributed by atoms with van der Waals surface area (Å²) in [5.41, 5.74) is -1.12. The van der Waals surface area contributed by atoms with E-state index < -0.39 is 17.7 Å². The number of aromatic nitrogens is 1. The number of rotatable bonds is 3. The molecule has 0 aliphatic heterocycles. The van der Waals surface area contributed by atoms with Crippen LogP contribution in [0.1, 0.15) is 28.0 Å². The Morgan fingerprint density at radius 2 is 2.21 bits per heavy atom. The second kappa shape index (κ2) is 4.45. The summed E-state index contributed by atoms with van der Waals surface area (Å²) in [6.45, 7) is 0. The number of carbonyl (C=O) groups excluding carboxylic acids is 1. The van der Waals surface area contributed by atoms with Crippen LogP contribution < -0.4 is 5.56 Å². The average Bonchev–Trinajstić information content (AvgIpc) is 2.16. The number of hydrogen-bond donors (Lipinski definition) is 1. The molecule has 0 bridgehead atoms. The lowest BCUT2D eigenvalue weighted by atomic mass is 10.1. The molecular weight excluding hydrogens is 260 g/mol. The van der Waals surface area contributed by atoms with Gasteiger partial charge in [0.1, 0.15) is 0 Å². The van der Waals surface area contributed by atoms with Crippen LogP contribution >= 0.6 is 15.9 Å². The maximum Gasteiger partial charge on any atom is 0.278 e. The second-order valence-corrected chi connectivity index (χ2v) is 3.11. The lowest BCUT2D eigenvalue weighted by molar-refractivity contribution is 0.112. The zero-order valence-electron chi connectivity index (χ0n) is 6.89. The summed E-state index contributed by atoms with van der Waals surface area (Å²) in [4.78, 5) is 23.5. The van der Waals surface area contributed by atoms with Crippen LogP contribution in [-0.2, 0) is 5.33 Å². The lowest BCUT2D eigenvalue weighted by Gasteiger charge is -2.04. The number of aromatic amines is 1. The Labute approximate surface area is 86.3 Å². The SMILES string of the molecule is O=Cc1c(CBr)cc(C(F)F)[nH]c1=O. The van der Waals surface area contributed by atoms with Crippen molar-refractivity contribution in [1.29, 1.82) is 0 Å².